The molecule has 0 amide bonds. The molecule has 0 aromatic rings. The third kappa shape index (κ3) is 4.64. The van der Waals surface area contributed by atoms with Gasteiger partial charge in [-0.25, -0.2) is 9.59 Å². The first-order valence-electron chi connectivity index (χ1n) is 17.7. The molecule has 12 unspecified atom stereocenters. The second kappa shape index (κ2) is 11.9. The number of ether oxygens (including phenoxy) is 6. The zero-order valence-electron chi connectivity index (χ0n) is 30.3. The van der Waals surface area contributed by atoms with Gasteiger partial charge in [0.05, 0.1) is 30.4 Å². The number of aliphatic hydroxyl groups excluding tert-OH is 1. The van der Waals surface area contributed by atoms with Gasteiger partial charge in [-0.05, 0) is 43.3 Å². The van der Waals surface area contributed by atoms with Crippen LogP contribution in [0.4, 0.5) is 0 Å². The Bertz CT molecular complexity index is 1560. The lowest BCUT2D eigenvalue weighted by molar-refractivity contribution is -0.326. The summed E-state index contributed by atoms with van der Waals surface area (Å²) in [5.74, 6) is -8.86. The van der Waals surface area contributed by atoms with E-state index >= 15 is 0 Å². The highest BCUT2D eigenvalue weighted by Crippen LogP contribution is 2.80. The molecular formula is C37H50O13. The Labute approximate surface area is 292 Å². The molecule has 1 spiro atoms. The molecule has 2 aliphatic carbocycles. The van der Waals surface area contributed by atoms with Crippen molar-refractivity contribution in [1.29, 1.82) is 0 Å². The van der Waals surface area contributed by atoms with Gasteiger partial charge in [0.2, 0.25) is 6.29 Å². The van der Waals surface area contributed by atoms with E-state index in [1.807, 2.05) is 34.6 Å². The first kappa shape index (κ1) is 36.5. The van der Waals surface area contributed by atoms with Crippen LogP contribution in [-0.4, -0.2) is 83.2 Å². The standard InChI is InChI=1S/C37H50O13/c1-10-17(3)30(41)48-28-26-29(49-31(42)18(4)11-2)36-20(35(8,37(26,44)50-36)21(33(28,5)6)15-23(38)45-9)12-13-34(7)22(36)16-25(40)46-27(34)19-14-24(39)47-32(19)43/h14,16-18,20-21,24,26-29,39,44H,10-13,15H2,1-9H3/t17?,18?,20?,21?,24-,26?,27?,28?,29?,34?,35?,36?,37?/m0/s1. The molecule has 50 heavy (non-hydrogen) atoms. The molecule has 4 aliphatic heterocycles. The maximum absolute atomic E-state index is 13.8. The third-order valence-electron chi connectivity index (χ3n) is 13.5. The van der Waals surface area contributed by atoms with Gasteiger partial charge >= 0.3 is 29.8 Å². The molecule has 0 aromatic heterocycles. The molecular weight excluding hydrogens is 652 g/mol. The normalized spacial score (nSPS) is 43.3. The lowest BCUT2D eigenvalue weighted by Gasteiger charge is -2.67. The molecule has 6 rings (SSSR count). The van der Waals surface area contributed by atoms with Crippen LogP contribution in [0.25, 0.3) is 0 Å². The van der Waals surface area contributed by atoms with Gasteiger partial charge in [0.15, 0.2) is 5.79 Å². The van der Waals surface area contributed by atoms with Crippen LogP contribution < -0.4 is 0 Å². The van der Waals surface area contributed by atoms with E-state index in [0.717, 1.165) is 0 Å². The van der Waals surface area contributed by atoms with Gasteiger partial charge in [-0.1, -0.05) is 55.4 Å². The first-order valence-corrected chi connectivity index (χ1v) is 17.7. The molecule has 2 saturated carbocycles. The average Bonchev–Trinajstić information content (AvgIpc) is 3.61. The Morgan fingerprint density at radius 3 is 2.12 bits per heavy atom. The molecule has 2 N–H and O–H groups in total. The monoisotopic (exact) mass is 702 g/mol. The van der Waals surface area contributed by atoms with Crippen LogP contribution in [0.5, 0.6) is 0 Å². The predicted molar refractivity (Wildman–Crippen MR) is 172 cm³/mol. The summed E-state index contributed by atoms with van der Waals surface area (Å²) in [7, 11) is 1.28. The van der Waals surface area contributed by atoms with Crippen LogP contribution in [0, 0.1) is 45.8 Å². The number of cyclic esters (lactones) is 2. The summed E-state index contributed by atoms with van der Waals surface area (Å²) in [6.07, 6.45) is -1.13. The topological polar surface area (TPSA) is 181 Å². The van der Waals surface area contributed by atoms with Crippen molar-refractivity contribution in [1.82, 2.24) is 0 Å². The summed E-state index contributed by atoms with van der Waals surface area (Å²) in [6, 6.07) is 0. The zero-order valence-corrected chi connectivity index (χ0v) is 30.3. The van der Waals surface area contributed by atoms with Crippen LogP contribution in [0.3, 0.4) is 0 Å². The van der Waals surface area contributed by atoms with Crippen molar-refractivity contribution in [2.75, 3.05) is 7.11 Å². The van der Waals surface area contributed by atoms with E-state index in [9.17, 15) is 34.2 Å². The van der Waals surface area contributed by atoms with Crippen molar-refractivity contribution in [3.05, 3.63) is 23.3 Å². The van der Waals surface area contributed by atoms with Gasteiger partial charge < -0.3 is 38.6 Å². The molecule has 4 fully saturated rings. The molecule has 2 saturated heterocycles. The average molecular weight is 703 g/mol. The van der Waals surface area contributed by atoms with Crippen LogP contribution in [0.15, 0.2) is 23.3 Å². The summed E-state index contributed by atoms with van der Waals surface area (Å²) in [6.45, 7) is 14.6. The maximum Gasteiger partial charge on any atom is 0.340 e. The Hall–Kier alpha value is -3.29. The lowest BCUT2D eigenvalue weighted by atomic mass is 9.37. The first-order chi connectivity index (χ1) is 23.3. The van der Waals surface area contributed by atoms with E-state index in [1.54, 1.807) is 20.8 Å². The van der Waals surface area contributed by atoms with E-state index in [-0.39, 0.29) is 12.0 Å². The number of carbonyl (C=O) groups excluding carboxylic acids is 5. The van der Waals surface area contributed by atoms with Gasteiger partial charge in [0, 0.05) is 34.7 Å². The summed E-state index contributed by atoms with van der Waals surface area (Å²) in [5, 5.41) is 23.4. The van der Waals surface area contributed by atoms with Gasteiger partial charge in [-0.15, -0.1) is 0 Å². The van der Waals surface area contributed by atoms with Crippen molar-refractivity contribution in [2.45, 2.75) is 123 Å². The fraction of sp³-hybridized carbons (Fsp3) is 0.757. The van der Waals surface area contributed by atoms with Gasteiger partial charge in [-0.3, -0.25) is 14.4 Å². The quantitative estimate of drug-likeness (QED) is 0.264. The van der Waals surface area contributed by atoms with Gasteiger partial charge in [0.1, 0.15) is 23.9 Å². The Balaban J connectivity index is 1.61. The number of hydrogen-bond donors (Lipinski definition) is 2. The number of carbonyl (C=O) groups is 5. The fourth-order valence-corrected chi connectivity index (χ4v) is 10.4. The van der Waals surface area contributed by atoms with E-state index in [1.165, 1.54) is 19.3 Å². The lowest BCUT2D eigenvalue weighted by Crippen LogP contribution is -2.76. The van der Waals surface area contributed by atoms with Crippen LogP contribution in [0.1, 0.15) is 87.5 Å². The summed E-state index contributed by atoms with van der Waals surface area (Å²) >= 11 is 0. The summed E-state index contributed by atoms with van der Waals surface area (Å²) < 4.78 is 35.8. The molecule has 6 aliphatic rings. The molecule has 0 radical (unpaired) electrons. The van der Waals surface area contributed by atoms with E-state index in [2.05, 4.69) is 0 Å². The highest BCUT2D eigenvalue weighted by atomic mass is 16.7. The minimum atomic E-state index is -2.13. The number of aliphatic hydroxyl groups is 2. The minimum Gasteiger partial charge on any atom is -0.469 e. The number of hydrogen-bond acceptors (Lipinski definition) is 13. The van der Waals surface area contributed by atoms with Crippen molar-refractivity contribution in [3.63, 3.8) is 0 Å². The molecule has 13 atom stereocenters. The molecule has 276 valence electrons. The number of fused-ring (bicyclic) bond motifs is 2. The Kier molecular flexibility index (Phi) is 8.67. The Morgan fingerprint density at radius 2 is 1.58 bits per heavy atom. The number of methoxy groups -OCH3 is 1. The van der Waals surface area contributed by atoms with E-state index in [4.69, 9.17) is 28.4 Å². The second-order valence-corrected chi connectivity index (χ2v) is 16.2. The highest BCUT2D eigenvalue weighted by molar-refractivity contribution is 5.94. The molecule has 13 heteroatoms. The summed E-state index contributed by atoms with van der Waals surface area (Å²) in [4.78, 5) is 67.1. The van der Waals surface area contributed by atoms with Crippen LogP contribution in [-0.2, 0) is 52.4 Å². The number of esters is 5. The summed E-state index contributed by atoms with van der Waals surface area (Å²) in [5.41, 5.74) is -4.72. The molecule has 13 nitrogen and oxygen atoms in total. The maximum atomic E-state index is 13.8. The predicted octanol–water partition coefficient (Wildman–Crippen LogP) is 3.28. The Morgan fingerprint density at radius 1 is 0.980 bits per heavy atom. The number of rotatable bonds is 9. The largest absolute Gasteiger partial charge is 0.469 e. The van der Waals surface area contributed by atoms with Gasteiger partial charge in [-0.2, -0.15) is 0 Å². The molecule has 2 bridgehead atoms. The van der Waals surface area contributed by atoms with Crippen molar-refractivity contribution < 1.29 is 62.6 Å². The van der Waals surface area contributed by atoms with Crippen LogP contribution in [0.2, 0.25) is 0 Å². The fourth-order valence-electron chi connectivity index (χ4n) is 10.4. The third-order valence-corrected chi connectivity index (χ3v) is 13.5. The second-order valence-electron chi connectivity index (χ2n) is 16.2. The van der Waals surface area contributed by atoms with E-state index in [0.29, 0.717) is 31.3 Å². The minimum absolute atomic E-state index is 0.0373. The van der Waals surface area contributed by atoms with Crippen LogP contribution >= 0.6 is 0 Å². The zero-order chi connectivity index (χ0) is 36.9. The van der Waals surface area contributed by atoms with Gasteiger partial charge in [0.25, 0.3) is 0 Å². The SMILES string of the molecule is CCC(C)C(=O)OC1C2C(OC(=O)C(C)CC)C34OC2(O)C(C)(C(CC(=O)OC)C1(C)C)C3CCC1(C)C4=CC(=O)OC1C1=C[C@@H](O)OC1=O. The molecule has 4 heterocycles. The smallest absolute Gasteiger partial charge is 0.340 e. The van der Waals surface area contributed by atoms with Crippen molar-refractivity contribution in [2.24, 2.45) is 45.8 Å². The van der Waals surface area contributed by atoms with Crippen molar-refractivity contribution >= 4 is 29.8 Å². The van der Waals surface area contributed by atoms with Crippen molar-refractivity contribution in [3.8, 4) is 0 Å². The molecule has 0 aromatic carbocycles. The van der Waals surface area contributed by atoms with E-state index < -0.39 is 112 Å². The highest BCUT2D eigenvalue weighted by Gasteiger charge is 2.90.